The lowest BCUT2D eigenvalue weighted by molar-refractivity contribution is 0.635. The van der Waals surface area contributed by atoms with Crippen LogP contribution < -0.4 is 4.90 Å². The van der Waals surface area contributed by atoms with Crippen LogP contribution in [0.25, 0.3) is 88.0 Å². The van der Waals surface area contributed by atoms with Crippen molar-refractivity contribution < 1.29 is 4.42 Å². The summed E-state index contributed by atoms with van der Waals surface area (Å²) < 4.78 is 6.62. The van der Waals surface area contributed by atoms with Crippen LogP contribution in [0.2, 0.25) is 0 Å². The Labute approximate surface area is 337 Å². The van der Waals surface area contributed by atoms with Crippen LogP contribution in [0.3, 0.4) is 0 Å². The summed E-state index contributed by atoms with van der Waals surface area (Å²) in [6.07, 6.45) is 0. The summed E-state index contributed by atoms with van der Waals surface area (Å²) >= 11 is 0. The van der Waals surface area contributed by atoms with Crippen LogP contribution in [0.1, 0.15) is 0 Å². The molecule has 1 heterocycles. The van der Waals surface area contributed by atoms with E-state index in [0.717, 1.165) is 55.9 Å². The van der Waals surface area contributed by atoms with E-state index in [4.69, 9.17) is 4.42 Å². The Morgan fingerprint density at radius 1 is 0.259 bits per heavy atom. The van der Waals surface area contributed by atoms with Crippen LogP contribution in [-0.2, 0) is 0 Å². The molecule has 0 aliphatic heterocycles. The van der Waals surface area contributed by atoms with Gasteiger partial charge in [-0.2, -0.15) is 0 Å². The van der Waals surface area contributed by atoms with Gasteiger partial charge in [0.05, 0.1) is 0 Å². The van der Waals surface area contributed by atoms with Gasteiger partial charge in [0.25, 0.3) is 0 Å². The first-order valence-electron chi connectivity index (χ1n) is 19.8. The third-order valence-electron chi connectivity index (χ3n) is 11.5. The molecular weight excluding hydrogens is 703 g/mol. The molecule has 2 heteroatoms. The van der Waals surface area contributed by atoms with Crippen molar-refractivity contribution in [3.05, 3.63) is 224 Å². The fourth-order valence-corrected chi connectivity index (χ4v) is 8.48. The summed E-state index contributed by atoms with van der Waals surface area (Å²) in [5.74, 6) is 0.874. The number of nitrogens with zero attached hydrogens (tertiary/aromatic N) is 1. The van der Waals surface area contributed by atoms with Crippen molar-refractivity contribution >= 4 is 60.3 Å². The van der Waals surface area contributed by atoms with Crippen LogP contribution in [0.15, 0.2) is 229 Å². The molecule has 0 N–H and O–H groups in total. The quantitative estimate of drug-likeness (QED) is 0.151. The molecule has 11 aromatic rings. The monoisotopic (exact) mass is 739 g/mol. The maximum Gasteiger partial charge on any atom is 0.143 e. The first-order chi connectivity index (χ1) is 28.7. The van der Waals surface area contributed by atoms with Gasteiger partial charge in [-0.3, -0.25) is 0 Å². The molecule has 0 unspecified atom stereocenters. The minimum absolute atomic E-state index is 0.874. The molecule has 11 rings (SSSR count). The molecule has 0 radical (unpaired) electrons. The Bertz CT molecular complexity index is 3160. The first kappa shape index (κ1) is 33.6. The zero-order valence-electron chi connectivity index (χ0n) is 31.7. The van der Waals surface area contributed by atoms with Gasteiger partial charge in [0, 0.05) is 33.4 Å². The van der Waals surface area contributed by atoms with Crippen LogP contribution in [0, 0.1) is 0 Å². The van der Waals surface area contributed by atoms with E-state index >= 15 is 0 Å². The minimum atomic E-state index is 0.874. The summed E-state index contributed by atoms with van der Waals surface area (Å²) in [5, 5.41) is 8.46. The molecule has 58 heavy (non-hydrogen) atoms. The van der Waals surface area contributed by atoms with Crippen LogP contribution >= 0.6 is 0 Å². The topological polar surface area (TPSA) is 16.4 Å². The van der Waals surface area contributed by atoms with E-state index < -0.39 is 0 Å². The van der Waals surface area contributed by atoms with Gasteiger partial charge in [0.2, 0.25) is 0 Å². The standard InChI is InChI=1S/C56H37NO/c1-2-10-38(11-3-1)41-24-30-47(31-25-41)57(49-34-28-43(29-35-49)46-23-20-39-12-4-5-13-45(39)36-46)48-32-26-42(27-33-48)40-18-21-44(22-19-40)55-37-54-52-16-7-6-14-50(52)51-15-8-9-17-53(51)56(54)58-55/h1-37H. The second-order valence-corrected chi connectivity index (χ2v) is 14.9. The minimum Gasteiger partial charge on any atom is -0.455 e. The molecule has 272 valence electrons. The van der Waals surface area contributed by atoms with Gasteiger partial charge in [0.1, 0.15) is 11.3 Å². The smallest absolute Gasteiger partial charge is 0.143 e. The van der Waals surface area contributed by atoms with E-state index in [1.807, 2.05) is 0 Å². The number of anilines is 3. The molecule has 0 fully saturated rings. The van der Waals surface area contributed by atoms with Gasteiger partial charge < -0.3 is 9.32 Å². The van der Waals surface area contributed by atoms with E-state index in [0.29, 0.717) is 0 Å². The van der Waals surface area contributed by atoms with Gasteiger partial charge in [-0.25, -0.2) is 0 Å². The number of benzene rings is 10. The Morgan fingerprint density at radius 2 is 0.655 bits per heavy atom. The SMILES string of the molecule is c1ccc(-c2ccc(N(c3ccc(-c4ccc(-c5cc6c7ccccc7c7ccccc7c6o5)cc4)cc3)c3ccc(-c4ccc5ccccc5c4)cc3)cc2)cc1. The molecule has 0 amide bonds. The molecule has 10 aromatic carbocycles. The third-order valence-corrected chi connectivity index (χ3v) is 11.5. The predicted octanol–water partition coefficient (Wildman–Crippen LogP) is 16.0. The van der Waals surface area contributed by atoms with Gasteiger partial charge in [-0.1, -0.05) is 176 Å². The molecule has 0 aliphatic carbocycles. The van der Waals surface area contributed by atoms with Crippen molar-refractivity contribution in [2.24, 2.45) is 0 Å². The molecule has 0 atom stereocenters. The second-order valence-electron chi connectivity index (χ2n) is 14.9. The highest BCUT2D eigenvalue weighted by molar-refractivity contribution is 6.24. The average molecular weight is 740 g/mol. The van der Waals surface area contributed by atoms with Crippen LogP contribution in [-0.4, -0.2) is 0 Å². The van der Waals surface area contributed by atoms with Crippen molar-refractivity contribution in [1.29, 1.82) is 0 Å². The molecule has 0 saturated carbocycles. The molecule has 0 spiro atoms. The lowest BCUT2D eigenvalue weighted by atomic mass is 9.98. The van der Waals surface area contributed by atoms with Crippen molar-refractivity contribution in [2.45, 2.75) is 0 Å². The Kier molecular flexibility index (Phi) is 8.19. The van der Waals surface area contributed by atoms with Crippen molar-refractivity contribution in [3.63, 3.8) is 0 Å². The van der Waals surface area contributed by atoms with Crippen molar-refractivity contribution in [2.75, 3.05) is 4.90 Å². The van der Waals surface area contributed by atoms with Crippen LogP contribution in [0.4, 0.5) is 17.1 Å². The summed E-state index contributed by atoms with van der Waals surface area (Å²) in [4.78, 5) is 2.33. The lowest BCUT2D eigenvalue weighted by Gasteiger charge is -2.26. The molecule has 0 aliphatic rings. The number of hydrogen-bond donors (Lipinski definition) is 0. The fourth-order valence-electron chi connectivity index (χ4n) is 8.48. The third kappa shape index (κ3) is 6.00. The lowest BCUT2D eigenvalue weighted by Crippen LogP contribution is -2.09. The Hall–Kier alpha value is -7.68. The second kappa shape index (κ2) is 14.1. The van der Waals surface area contributed by atoms with E-state index in [9.17, 15) is 0 Å². The van der Waals surface area contributed by atoms with E-state index in [1.54, 1.807) is 0 Å². The van der Waals surface area contributed by atoms with Gasteiger partial charge in [-0.15, -0.1) is 0 Å². The van der Waals surface area contributed by atoms with Crippen LogP contribution in [0.5, 0.6) is 0 Å². The summed E-state index contributed by atoms with van der Waals surface area (Å²) in [5.41, 5.74) is 12.4. The highest BCUT2D eigenvalue weighted by atomic mass is 16.3. The van der Waals surface area contributed by atoms with Gasteiger partial charge >= 0.3 is 0 Å². The Morgan fingerprint density at radius 3 is 1.24 bits per heavy atom. The summed E-state index contributed by atoms with van der Waals surface area (Å²) in [6.45, 7) is 0. The largest absolute Gasteiger partial charge is 0.455 e. The highest BCUT2D eigenvalue weighted by Crippen LogP contribution is 2.41. The van der Waals surface area contributed by atoms with Crippen molar-refractivity contribution in [3.8, 4) is 44.7 Å². The van der Waals surface area contributed by atoms with Gasteiger partial charge in [-0.05, 0) is 109 Å². The average Bonchev–Trinajstić information content (AvgIpc) is 3.77. The Balaban J connectivity index is 0.918. The first-order valence-corrected chi connectivity index (χ1v) is 19.8. The number of rotatable bonds is 7. The maximum atomic E-state index is 6.62. The van der Waals surface area contributed by atoms with E-state index in [2.05, 4.69) is 229 Å². The van der Waals surface area contributed by atoms with E-state index in [1.165, 1.54) is 49.2 Å². The molecule has 2 nitrogen and oxygen atoms in total. The number of hydrogen-bond acceptors (Lipinski definition) is 2. The van der Waals surface area contributed by atoms with Gasteiger partial charge in [0.15, 0.2) is 0 Å². The molecule has 0 bridgehead atoms. The summed E-state index contributed by atoms with van der Waals surface area (Å²) in [7, 11) is 0. The summed E-state index contributed by atoms with van der Waals surface area (Å²) in [6, 6.07) is 80.5. The zero-order chi connectivity index (χ0) is 38.4. The number of furan rings is 1. The fraction of sp³-hybridized carbons (Fsp3) is 0. The van der Waals surface area contributed by atoms with E-state index in [-0.39, 0.29) is 0 Å². The zero-order valence-corrected chi connectivity index (χ0v) is 31.7. The predicted molar refractivity (Wildman–Crippen MR) is 245 cm³/mol. The number of fused-ring (bicyclic) bond motifs is 7. The normalized spacial score (nSPS) is 11.4. The maximum absolute atomic E-state index is 6.62. The highest BCUT2D eigenvalue weighted by Gasteiger charge is 2.16. The molecule has 1 aromatic heterocycles. The van der Waals surface area contributed by atoms with Crippen molar-refractivity contribution in [1.82, 2.24) is 0 Å². The molecular formula is C56H37NO. The molecule has 0 saturated heterocycles.